The summed E-state index contributed by atoms with van der Waals surface area (Å²) in [6.45, 7) is 7.84. The standard InChI is InChI=1S/C18H27ClN2/c1-18(2,3)16-10-13(12-19)11-17(20-16)21-9-5-7-14-6-4-8-15(14)21/h10-11,14-15H,4-9,12H2,1-3H3. The molecule has 1 aliphatic heterocycles. The van der Waals surface area contributed by atoms with Gasteiger partial charge in [-0.1, -0.05) is 27.2 Å². The third kappa shape index (κ3) is 3.06. The number of nitrogens with zero attached hydrogens (tertiary/aromatic N) is 2. The molecule has 3 rings (SSSR count). The van der Waals surface area contributed by atoms with Crippen LogP contribution in [0.3, 0.4) is 0 Å². The van der Waals surface area contributed by atoms with Crippen LogP contribution in [0.5, 0.6) is 0 Å². The van der Waals surface area contributed by atoms with Crippen LogP contribution in [0.15, 0.2) is 12.1 Å². The second kappa shape index (κ2) is 5.79. The quantitative estimate of drug-likeness (QED) is 0.723. The average Bonchev–Trinajstić information content (AvgIpc) is 2.94. The van der Waals surface area contributed by atoms with E-state index in [4.69, 9.17) is 16.6 Å². The zero-order chi connectivity index (χ0) is 15.0. The molecule has 0 bridgehead atoms. The van der Waals surface area contributed by atoms with Crippen molar-refractivity contribution < 1.29 is 0 Å². The molecule has 1 aromatic heterocycles. The van der Waals surface area contributed by atoms with Crippen LogP contribution in [0.25, 0.3) is 0 Å². The molecular formula is C18H27ClN2. The molecule has 0 N–H and O–H groups in total. The SMILES string of the molecule is CC(C)(C)c1cc(CCl)cc(N2CCCC3CCCC32)n1. The summed E-state index contributed by atoms with van der Waals surface area (Å²) in [5, 5.41) is 0. The second-order valence-electron chi connectivity index (χ2n) is 7.70. The third-order valence-electron chi connectivity index (χ3n) is 5.08. The summed E-state index contributed by atoms with van der Waals surface area (Å²) in [5.74, 6) is 2.62. The number of piperidine rings is 1. The number of hydrogen-bond acceptors (Lipinski definition) is 2. The number of rotatable bonds is 2. The topological polar surface area (TPSA) is 16.1 Å². The minimum atomic E-state index is 0.0711. The van der Waals surface area contributed by atoms with Crippen LogP contribution < -0.4 is 4.90 Å². The molecule has 0 radical (unpaired) electrons. The normalized spacial score (nSPS) is 26.0. The summed E-state index contributed by atoms with van der Waals surface area (Å²) < 4.78 is 0. The number of halogens is 1. The molecule has 2 nitrogen and oxygen atoms in total. The van der Waals surface area contributed by atoms with Crippen molar-refractivity contribution in [2.75, 3.05) is 11.4 Å². The highest BCUT2D eigenvalue weighted by Crippen LogP contribution is 2.39. The zero-order valence-electron chi connectivity index (χ0n) is 13.5. The number of fused-ring (bicyclic) bond motifs is 1. The van der Waals surface area contributed by atoms with Crippen molar-refractivity contribution in [3.8, 4) is 0 Å². The molecule has 0 aromatic carbocycles. The van der Waals surface area contributed by atoms with Gasteiger partial charge in [-0.3, -0.25) is 0 Å². The number of aromatic nitrogens is 1. The van der Waals surface area contributed by atoms with Crippen LogP contribution in [0.1, 0.15) is 64.1 Å². The fourth-order valence-corrected chi connectivity index (χ4v) is 4.07. The molecule has 21 heavy (non-hydrogen) atoms. The maximum absolute atomic E-state index is 6.12. The van der Waals surface area contributed by atoms with Gasteiger partial charge in [0.1, 0.15) is 5.82 Å². The Kier molecular flexibility index (Phi) is 4.18. The van der Waals surface area contributed by atoms with Crippen LogP contribution in [0.4, 0.5) is 5.82 Å². The Hall–Kier alpha value is -0.760. The lowest BCUT2D eigenvalue weighted by Gasteiger charge is -2.39. The van der Waals surface area contributed by atoms with Crippen molar-refractivity contribution in [1.29, 1.82) is 0 Å². The van der Waals surface area contributed by atoms with Gasteiger partial charge in [-0.05, 0) is 49.3 Å². The molecule has 2 aliphatic rings. The largest absolute Gasteiger partial charge is 0.353 e. The first-order valence-electron chi connectivity index (χ1n) is 8.33. The van der Waals surface area contributed by atoms with Crippen molar-refractivity contribution in [2.45, 2.75) is 70.2 Å². The minimum absolute atomic E-state index is 0.0711. The Balaban J connectivity index is 1.97. The summed E-state index contributed by atoms with van der Waals surface area (Å²) in [5.41, 5.74) is 2.43. The first kappa shape index (κ1) is 15.1. The number of pyridine rings is 1. The third-order valence-corrected chi connectivity index (χ3v) is 5.39. The van der Waals surface area contributed by atoms with Gasteiger partial charge in [0.25, 0.3) is 0 Å². The summed E-state index contributed by atoms with van der Waals surface area (Å²) >= 11 is 6.12. The lowest BCUT2D eigenvalue weighted by Crippen LogP contribution is -2.43. The molecular weight excluding hydrogens is 280 g/mol. The molecule has 116 valence electrons. The summed E-state index contributed by atoms with van der Waals surface area (Å²) in [6.07, 6.45) is 6.83. The highest BCUT2D eigenvalue weighted by atomic mass is 35.5. The molecule has 1 aromatic rings. The second-order valence-corrected chi connectivity index (χ2v) is 7.96. The Labute approximate surface area is 133 Å². The van der Waals surface area contributed by atoms with Gasteiger partial charge < -0.3 is 4.90 Å². The predicted octanol–water partition coefficient (Wildman–Crippen LogP) is 4.89. The summed E-state index contributed by atoms with van der Waals surface area (Å²) in [7, 11) is 0. The van der Waals surface area contributed by atoms with E-state index >= 15 is 0 Å². The van der Waals surface area contributed by atoms with Gasteiger partial charge in [-0.25, -0.2) is 4.98 Å². The first-order chi connectivity index (χ1) is 9.99. The fourth-order valence-electron chi connectivity index (χ4n) is 3.92. The smallest absolute Gasteiger partial charge is 0.129 e. The zero-order valence-corrected chi connectivity index (χ0v) is 14.3. The molecule has 0 amide bonds. The molecule has 3 heteroatoms. The van der Waals surface area contributed by atoms with Crippen molar-refractivity contribution in [3.05, 3.63) is 23.4 Å². The highest BCUT2D eigenvalue weighted by molar-refractivity contribution is 6.17. The van der Waals surface area contributed by atoms with Crippen LogP contribution in [0, 0.1) is 5.92 Å². The number of hydrogen-bond donors (Lipinski definition) is 0. The van der Waals surface area contributed by atoms with E-state index < -0.39 is 0 Å². The predicted molar refractivity (Wildman–Crippen MR) is 90.2 cm³/mol. The van der Waals surface area contributed by atoms with Crippen LogP contribution >= 0.6 is 11.6 Å². The van der Waals surface area contributed by atoms with Crippen LogP contribution in [-0.2, 0) is 11.3 Å². The Morgan fingerprint density at radius 2 is 1.95 bits per heavy atom. The Morgan fingerprint density at radius 3 is 2.67 bits per heavy atom. The molecule has 0 spiro atoms. The molecule has 2 unspecified atom stereocenters. The Bertz CT molecular complexity index is 506. The lowest BCUT2D eigenvalue weighted by atomic mass is 9.90. The van der Waals surface area contributed by atoms with Gasteiger partial charge in [-0.15, -0.1) is 11.6 Å². The molecule has 2 fully saturated rings. The maximum Gasteiger partial charge on any atom is 0.129 e. The maximum atomic E-state index is 6.12. The van der Waals surface area contributed by atoms with E-state index in [1.54, 1.807) is 0 Å². The summed E-state index contributed by atoms with van der Waals surface area (Å²) in [6, 6.07) is 5.10. The van der Waals surface area contributed by atoms with Gasteiger partial charge >= 0.3 is 0 Å². The molecule has 1 saturated carbocycles. The van der Waals surface area contributed by atoms with E-state index in [1.165, 1.54) is 37.7 Å². The number of alkyl halides is 1. The van der Waals surface area contributed by atoms with Gasteiger partial charge in [0.15, 0.2) is 0 Å². The molecule has 1 aliphatic carbocycles. The monoisotopic (exact) mass is 306 g/mol. The van der Waals surface area contributed by atoms with Gasteiger partial charge in [-0.2, -0.15) is 0 Å². The van der Waals surface area contributed by atoms with E-state index in [-0.39, 0.29) is 5.41 Å². The van der Waals surface area contributed by atoms with Crippen molar-refractivity contribution in [1.82, 2.24) is 4.98 Å². The minimum Gasteiger partial charge on any atom is -0.353 e. The van der Waals surface area contributed by atoms with Gasteiger partial charge in [0, 0.05) is 29.6 Å². The fraction of sp³-hybridized carbons (Fsp3) is 0.722. The first-order valence-corrected chi connectivity index (χ1v) is 8.86. The highest BCUT2D eigenvalue weighted by Gasteiger charge is 2.36. The molecule has 2 atom stereocenters. The lowest BCUT2D eigenvalue weighted by molar-refractivity contribution is 0.360. The number of anilines is 1. The van der Waals surface area contributed by atoms with E-state index in [1.807, 2.05) is 0 Å². The van der Waals surface area contributed by atoms with E-state index in [0.717, 1.165) is 24.0 Å². The van der Waals surface area contributed by atoms with Gasteiger partial charge in [0.2, 0.25) is 0 Å². The van der Waals surface area contributed by atoms with Gasteiger partial charge in [0.05, 0.1) is 0 Å². The molecule has 1 saturated heterocycles. The van der Waals surface area contributed by atoms with E-state index in [0.29, 0.717) is 11.9 Å². The summed E-state index contributed by atoms with van der Waals surface area (Å²) in [4.78, 5) is 7.58. The average molecular weight is 307 g/mol. The Morgan fingerprint density at radius 1 is 1.19 bits per heavy atom. The van der Waals surface area contributed by atoms with E-state index in [9.17, 15) is 0 Å². The van der Waals surface area contributed by atoms with Crippen molar-refractivity contribution in [3.63, 3.8) is 0 Å². The molecule has 2 heterocycles. The van der Waals surface area contributed by atoms with Crippen molar-refractivity contribution >= 4 is 17.4 Å². The van der Waals surface area contributed by atoms with Crippen LogP contribution in [0.2, 0.25) is 0 Å². The van der Waals surface area contributed by atoms with E-state index in [2.05, 4.69) is 37.8 Å². The van der Waals surface area contributed by atoms with Crippen LogP contribution in [-0.4, -0.2) is 17.6 Å². The van der Waals surface area contributed by atoms with Crippen molar-refractivity contribution in [2.24, 2.45) is 5.92 Å².